The standard InChI is InChI=1S/C20H19N5O2S2/c1-11-15(12(2)25-17(21-11)9-19(27)24-25)8-18(26)23-20-22-16(10-29-20)13-4-6-14(28-3)7-5-13/h4-7,9-10H,8H2,1-3H3,(H,24,27)(H,22,23,26). The Kier molecular flexibility index (Phi) is 5.25. The van der Waals surface area contributed by atoms with E-state index in [0.717, 1.165) is 28.2 Å². The SMILES string of the molecule is CSc1ccc(-c2csc(NC(=O)Cc3c(C)nc4cc(=O)[nH]n4c3C)n2)cc1. The van der Waals surface area contributed by atoms with Crippen molar-refractivity contribution in [3.63, 3.8) is 0 Å². The molecule has 0 unspecified atom stereocenters. The Morgan fingerprint density at radius 2 is 2.00 bits per heavy atom. The molecular formula is C20H19N5O2S2. The molecule has 1 amide bonds. The van der Waals surface area contributed by atoms with Gasteiger partial charge < -0.3 is 5.32 Å². The maximum atomic E-state index is 12.6. The van der Waals surface area contributed by atoms with E-state index in [1.165, 1.54) is 22.3 Å². The number of benzene rings is 1. The zero-order valence-electron chi connectivity index (χ0n) is 16.1. The van der Waals surface area contributed by atoms with E-state index in [1.54, 1.807) is 16.3 Å². The summed E-state index contributed by atoms with van der Waals surface area (Å²) >= 11 is 3.08. The normalized spacial score (nSPS) is 11.1. The third kappa shape index (κ3) is 3.96. The first kappa shape index (κ1) is 19.4. The summed E-state index contributed by atoms with van der Waals surface area (Å²) in [5.74, 6) is -0.175. The lowest BCUT2D eigenvalue weighted by Gasteiger charge is -2.11. The zero-order chi connectivity index (χ0) is 20.5. The van der Waals surface area contributed by atoms with Crippen LogP contribution in [0.3, 0.4) is 0 Å². The minimum absolute atomic E-state index is 0.151. The topological polar surface area (TPSA) is 92.1 Å². The molecule has 29 heavy (non-hydrogen) atoms. The molecule has 0 aliphatic rings. The third-order valence-corrected chi connectivity index (χ3v) is 6.18. The Morgan fingerprint density at radius 3 is 2.72 bits per heavy atom. The van der Waals surface area contributed by atoms with Crippen molar-refractivity contribution in [2.45, 2.75) is 25.2 Å². The average Bonchev–Trinajstić information content (AvgIpc) is 3.31. The van der Waals surface area contributed by atoms with E-state index >= 15 is 0 Å². The zero-order valence-corrected chi connectivity index (χ0v) is 17.8. The largest absolute Gasteiger partial charge is 0.302 e. The number of amides is 1. The molecule has 0 aliphatic heterocycles. The molecule has 0 radical (unpaired) electrons. The molecule has 0 saturated heterocycles. The fourth-order valence-corrected chi connectivity index (χ4v) is 4.31. The van der Waals surface area contributed by atoms with Crippen LogP contribution in [-0.4, -0.2) is 31.7 Å². The maximum absolute atomic E-state index is 12.6. The summed E-state index contributed by atoms with van der Waals surface area (Å²) in [6.07, 6.45) is 2.19. The number of aromatic amines is 1. The van der Waals surface area contributed by atoms with E-state index < -0.39 is 0 Å². The number of aryl methyl sites for hydroxylation is 2. The molecule has 3 aromatic heterocycles. The summed E-state index contributed by atoms with van der Waals surface area (Å²) in [5, 5.41) is 8.05. The quantitative estimate of drug-likeness (QED) is 0.476. The van der Waals surface area contributed by atoms with Gasteiger partial charge in [0.25, 0.3) is 5.56 Å². The molecule has 0 atom stereocenters. The van der Waals surface area contributed by atoms with Crippen LogP contribution in [0.1, 0.15) is 17.0 Å². The first-order valence-electron chi connectivity index (χ1n) is 8.92. The van der Waals surface area contributed by atoms with Crippen LogP contribution in [-0.2, 0) is 11.2 Å². The number of rotatable bonds is 5. The van der Waals surface area contributed by atoms with Crippen molar-refractivity contribution in [1.82, 2.24) is 19.6 Å². The Balaban J connectivity index is 1.51. The van der Waals surface area contributed by atoms with Gasteiger partial charge in [-0.15, -0.1) is 23.1 Å². The lowest BCUT2D eigenvalue weighted by atomic mass is 10.1. The molecule has 0 saturated carbocycles. The lowest BCUT2D eigenvalue weighted by Crippen LogP contribution is -2.17. The van der Waals surface area contributed by atoms with Gasteiger partial charge in [0.2, 0.25) is 5.91 Å². The van der Waals surface area contributed by atoms with Gasteiger partial charge in [-0.1, -0.05) is 12.1 Å². The lowest BCUT2D eigenvalue weighted by molar-refractivity contribution is -0.115. The number of carbonyl (C=O) groups excluding carboxylic acids is 1. The molecule has 0 spiro atoms. The molecular weight excluding hydrogens is 406 g/mol. The molecule has 148 valence electrons. The van der Waals surface area contributed by atoms with Crippen molar-refractivity contribution >= 4 is 39.8 Å². The molecule has 0 aliphatic carbocycles. The molecule has 9 heteroatoms. The van der Waals surface area contributed by atoms with Gasteiger partial charge in [0.1, 0.15) is 0 Å². The highest BCUT2D eigenvalue weighted by Crippen LogP contribution is 2.27. The van der Waals surface area contributed by atoms with Crippen molar-refractivity contribution in [2.24, 2.45) is 0 Å². The van der Waals surface area contributed by atoms with Crippen molar-refractivity contribution < 1.29 is 4.79 Å². The van der Waals surface area contributed by atoms with Crippen LogP contribution in [0.25, 0.3) is 16.9 Å². The van der Waals surface area contributed by atoms with E-state index in [1.807, 2.05) is 37.6 Å². The number of fused-ring (bicyclic) bond motifs is 1. The second kappa shape index (κ2) is 7.84. The van der Waals surface area contributed by atoms with E-state index in [4.69, 9.17) is 0 Å². The summed E-state index contributed by atoms with van der Waals surface area (Å²) in [6, 6.07) is 9.60. The van der Waals surface area contributed by atoms with Crippen LogP contribution in [0.2, 0.25) is 0 Å². The molecule has 4 rings (SSSR count). The molecule has 7 nitrogen and oxygen atoms in total. The van der Waals surface area contributed by atoms with Gasteiger partial charge in [0.05, 0.1) is 12.1 Å². The van der Waals surface area contributed by atoms with E-state index in [9.17, 15) is 9.59 Å². The first-order chi connectivity index (χ1) is 13.9. The number of thioether (sulfide) groups is 1. The van der Waals surface area contributed by atoms with Gasteiger partial charge >= 0.3 is 0 Å². The highest BCUT2D eigenvalue weighted by Gasteiger charge is 2.15. The van der Waals surface area contributed by atoms with Gasteiger partial charge in [0.15, 0.2) is 10.8 Å². The van der Waals surface area contributed by atoms with Crippen LogP contribution < -0.4 is 10.9 Å². The number of carbonyl (C=O) groups is 1. The fraction of sp³-hybridized carbons (Fsp3) is 0.200. The van der Waals surface area contributed by atoms with Gasteiger partial charge in [-0.3, -0.25) is 14.7 Å². The Morgan fingerprint density at radius 1 is 1.24 bits per heavy atom. The minimum atomic E-state index is -0.220. The summed E-state index contributed by atoms with van der Waals surface area (Å²) in [6.45, 7) is 3.70. The van der Waals surface area contributed by atoms with Crippen LogP contribution in [0, 0.1) is 13.8 Å². The van der Waals surface area contributed by atoms with Crippen molar-refractivity contribution in [1.29, 1.82) is 0 Å². The fourth-order valence-electron chi connectivity index (χ4n) is 3.16. The average molecular weight is 426 g/mol. The predicted octanol–water partition coefficient (Wildman–Crippen LogP) is 3.67. The molecule has 3 heterocycles. The Labute approximate surface area is 175 Å². The summed E-state index contributed by atoms with van der Waals surface area (Å²) in [7, 11) is 0. The summed E-state index contributed by atoms with van der Waals surface area (Å²) < 4.78 is 1.61. The van der Waals surface area contributed by atoms with E-state index in [2.05, 4.69) is 32.5 Å². The van der Waals surface area contributed by atoms with Gasteiger partial charge in [-0.2, -0.15) is 0 Å². The third-order valence-electron chi connectivity index (χ3n) is 4.68. The number of hydrogen-bond acceptors (Lipinski definition) is 6. The number of aromatic nitrogens is 4. The number of thiazole rings is 1. The monoisotopic (exact) mass is 425 g/mol. The molecule has 2 N–H and O–H groups in total. The first-order valence-corrected chi connectivity index (χ1v) is 11.0. The molecule has 0 fully saturated rings. The highest BCUT2D eigenvalue weighted by molar-refractivity contribution is 7.98. The second-order valence-corrected chi connectivity index (χ2v) is 8.30. The van der Waals surface area contributed by atoms with Crippen molar-refractivity contribution in [3.05, 3.63) is 63.0 Å². The van der Waals surface area contributed by atoms with Gasteiger partial charge in [0, 0.05) is 38.9 Å². The maximum Gasteiger partial charge on any atom is 0.266 e. The highest BCUT2D eigenvalue weighted by atomic mass is 32.2. The van der Waals surface area contributed by atoms with Crippen LogP contribution in [0.15, 0.2) is 45.4 Å². The number of H-pyrrole nitrogens is 1. The predicted molar refractivity (Wildman–Crippen MR) is 117 cm³/mol. The van der Waals surface area contributed by atoms with Crippen LogP contribution in [0.5, 0.6) is 0 Å². The molecule has 1 aromatic carbocycles. The Bertz CT molecular complexity index is 1250. The molecule has 4 aromatic rings. The summed E-state index contributed by atoms with van der Waals surface area (Å²) in [4.78, 5) is 34.3. The van der Waals surface area contributed by atoms with E-state index in [0.29, 0.717) is 10.8 Å². The smallest absolute Gasteiger partial charge is 0.266 e. The van der Waals surface area contributed by atoms with Gasteiger partial charge in [-0.05, 0) is 32.2 Å². The van der Waals surface area contributed by atoms with Crippen molar-refractivity contribution in [3.8, 4) is 11.3 Å². The number of hydrogen-bond donors (Lipinski definition) is 2. The summed E-state index contributed by atoms with van der Waals surface area (Å²) in [5.41, 5.74) is 4.47. The second-order valence-electron chi connectivity index (χ2n) is 6.57. The van der Waals surface area contributed by atoms with Crippen LogP contribution in [0.4, 0.5) is 5.13 Å². The van der Waals surface area contributed by atoms with Gasteiger partial charge in [-0.25, -0.2) is 14.5 Å². The van der Waals surface area contributed by atoms with E-state index in [-0.39, 0.29) is 17.9 Å². The number of anilines is 1. The van der Waals surface area contributed by atoms with Crippen molar-refractivity contribution in [2.75, 3.05) is 11.6 Å². The van der Waals surface area contributed by atoms with Crippen LogP contribution >= 0.6 is 23.1 Å². The molecule has 0 bridgehead atoms. The minimum Gasteiger partial charge on any atom is -0.302 e. The number of nitrogens with one attached hydrogen (secondary N) is 2. The Hall–Kier alpha value is -2.91. The number of nitrogens with zero attached hydrogens (tertiary/aromatic N) is 3.